The van der Waals surface area contributed by atoms with Crippen LogP contribution in [0, 0.1) is 0 Å². The molecule has 0 saturated heterocycles. The zero-order chi connectivity index (χ0) is 11.1. The van der Waals surface area contributed by atoms with Crippen LogP contribution in [0.3, 0.4) is 0 Å². The van der Waals surface area contributed by atoms with E-state index < -0.39 is 0 Å². The molecule has 0 aliphatic carbocycles. The van der Waals surface area contributed by atoms with Gasteiger partial charge in [-0.3, -0.25) is 0 Å². The van der Waals surface area contributed by atoms with Crippen molar-refractivity contribution in [1.29, 1.82) is 0 Å². The second-order valence-corrected chi connectivity index (χ2v) is 3.42. The number of nitrogens with zero attached hydrogens (tertiary/aromatic N) is 2. The maximum absolute atomic E-state index is 8.84. The molecule has 0 bridgehead atoms. The fourth-order valence-corrected chi connectivity index (χ4v) is 1.32. The Morgan fingerprint density at radius 3 is 3.00 bits per heavy atom. The highest BCUT2D eigenvalue weighted by atomic mass is 35.5. The highest BCUT2D eigenvalue weighted by Gasteiger charge is 2.08. The molecule has 0 fully saturated rings. The Bertz CT molecular complexity index is 292. The number of methoxy groups -OCH3 is 1. The summed E-state index contributed by atoms with van der Waals surface area (Å²) < 4.78 is 5.01. The zero-order valence-corrected chi connectivity index (χ0v) is 9.24. The summed E-state index contributed by atoms with van der Waals surface area (Å²) in [6, 6.07) is 1.65. The van der Waals surface area contributed by atoms with Crippen LogP contribution < -0.4 is 5.32 Å². The highest BCUT2D eigenvalue weighted by Crippen LogP contribution is 2.10. The van der Waals surface area contributed by atoms with Gasteiger partial charge in [-0.2, -0.15) is 0 Å². The summed E-state index contributed by atoms with van der Waals surface area (Å²) >= 11 is 5.71. The number of anilines is 1. The third-order valence-corrected chi connectivity index (χ3v) is 2.04. The number of hydrogen-bond donors (Lipinski definition) is 2. The lowest BCUT2D eigenvalue weighted by Gasteiger charge is -2.17. The van der Waals surface area contributed by atoms with E-state index in [1.807, 2.05) is 0 Å². The van der Waals surface area contributed by atoms with Gasteiger partial charge >= 0.3 is 0 Å². The predicted molar refractivity (Wildman–Crippen MR) is 58.0 cm³/mol. The summed E-state index contributed by atoms with van der Waals surface area (Å²) in [4.78, 5) is 7.77. The van der Waals surface area contributed by atoms with Crippen molar-refractivity contribution in [3.05, 3.63) is 17.5 Å². The molecule has 0 aromatic carbocycles. The minimum atomic E-state index is 0.0194. The van der Waals surface area contributed by atoms with Gasteiger partial charge in [0.1, 0.15) is 17.3 Å². The first kappa shape index (κ1) is 12.2. The van der Waals surface area contributed by atoms with Crippen LogP contribution >= 0.6 is 11.6 Å². The summed E-state index contributed by atoms with van der Waals surface area (Å²) in [6.07, 6.45) is 1.98. The molecule has 0 amide bonds. The van der Waals surface area contributed by atoms with E-state index in [1.54, 1.807) is 13.2 Å². The van der Waals surface area contributed by atoms with E-state index in [4.69, 9.17) is 21.4 Å². The maximum atomic E-state index is 8.84. The number of rotatable bonds is 6. The van der Waals surface area contributed by atoms with E-state index in [-0.39, 0.29) is 12.6 Å². The predicted octanol–water partition coefficient (Wildman–Crippen LogP) is 0.939. The van der Waals surface area contributed by atoms with Gasteiger partial charge in [-0.05, 0) is 6.42 Å². The van der Waals surface area contributed by atoms with Gasteiger partial charge in [-0.1, -0.05) is 11.6 Å². The van der Waals surface area contributed by atoms with Gasteiger partial charge in [-0.25, -0.2) is 9.97 Å². The first-order valence-corrected chi connectivity index (χ1v) is 4.98. The molecule has 1 atom stereocenters. The Kier molecular flexibility index (Phi) is 5.31. The molecule has 0 saturated carbocycles. The Morgan fingerprint density at radius 1 is 1.60 bits per heavy atom. The molecular formula is C9H14ClN3O2. The molecule has 0 aliphatic rings. The largest absolute Gasteiger partial charge is 0.396 e. The van der Waals surface area contributed by atoms with E-state index in [1.165, 1.54) is 6.33 Å². The Balaban J connectivity index is 2.56. The lowest BCUT2D eigenvalue weighted by atomic mass is 10.2. The molecule has 1 aromatic heterocycles. The topological polar surface area (TPSA) is 67.3 Å². The van der Waals surface area contributed by atoms with Crippen molar-refractivity contribution >= 4 is 17.4 Å². The van der Waals surface area contributed by atoms with Gasteiger partial charge in [0.2, 0.25) is 0 Å². The minimum Gasteiger partial charge on any atom is -0.396 e. The maximum Gasteiger partial charge on any atom is 0.134 e. The molecule has 0 aliphatic heterocycles. The highest BCUT2D eigenvalue weighted by molar-refractivity contribution is 6.29. The van der Waals surface area contributed by atoms with Gasteiger partial charge in [0, 0.05) is 19.8 Å². The number of nitrogens with one attached hydrogen (secondary N) is 1. The third-order valence-electron chi connectivity index (χ3n) is 1.83. The third kappa shape index (κ3) is 4.42. The Hall–Kier alpha value is -0.910. The van der Waals surface area contributed by atoms with Crippen LogP contribution in [0.25, 0.3) is 0 Å². The van der Waals surface area contributed by atoms with Crippen LogP contribution in [0.5, 0.6) is 0 Å². The smallest absolute Gasteiger partial charge is 0.134 e. The second-order valence-electron chi connectivity index (χ2n) is 3.03. The van der Waals surface area contributed by atoms with Crippen LogP contribution in [-0.4, -0.2) is 41.4 Å². The first-order chi connectivity index (χ1) is 7.26. The summed E-state index contributed by atoms with van der Waals surface area (Å²) in [7, 11) is 1.61. The quantitative estimate of drug-likeness (QED) is 0.714. The van der Waals surface area contributed by atoms with Crippen molar-refractivity contribution in [3.63, 3.8) is 0 Å². The second kappa shape index (κ2) is 6.55. The number of ether oxygens (including phenoxy) is 1. The number of aromatic nitrogens is 2. The molecule has 6 heteroatoms. The van der Waals surface area contributed by atoms with E-state index in [2.05, 4.69) is 15.3 Å². The van der Waals surface area contributed by atoms with Crippen molar-refractivity contribution in [3.8, 4) is 0 Å². The lowest BCUT2D eigenvalue weighted by Crippen LogP contribution is -2.26. The van der Waals surface area contributed by atoms with Crippen molar-refractivity contribution in [2.45, 2.75) is 12.5 Å². The Labute approximate surface area is 93.5 Å². The molecule has 0 radical (unpaired) electrons. The molecule has 5 nitrogen and oxygen atoms in total. The zero-order valence-electron chi connectivity index (χ0n) is 8.48. The molecule has 1 unspecified atom stereocenters. The average molecular weight is 232 g/mol. The molecule has 1 aromatic rings. The average Bonchev–Trinajstić information content (AvgIpc) is 2.18. The number of aliphatic hydroxyl groups is 1. The first-order valence-electron chi connectivity index (χ1n) is 4.60. The SMILES string of the molecule is COCC(CCO)Nc1cc(Cl)ncn1. The molecule has 2 N–H and O–H groups in total. The molecule has 15 heavy (non-hydrogen) atoms. The number of hydrogen-bond acceptors (Lipinski definition) is 5. The van der Waals surface area contributed by atoms with Crippen LogP contribution in [0.15, 0.2) is 12.4 Å². The summed E-state index contributed by atoms with van der Waals surface area (Å²) in [6.45, 7) is 0.599. The Morgan fingerprint density at radius 2 is 2.40 bits per heavy atom. The summed E-state index contributed by atoms with van der Waals surface area (Å²) in [5.41, 5.74) is 0. The van der Waals surface area contributed by atoms with Crippen LogP contribution in [0.2, 0.25) is 5.15 Å². The molecule has 84 valence electrons. The standard InChI is InChI=1S/C9H14ClN3O2/c1-15-5-7(2-3-14)13-9-4-8(10)11-6-12-9/h4,6-7,14H,2-3,5H2,1H3,(H,11,12,13). The lowest BCUT2D eigenvalue weighted by molar-refractivity contribution is 0.170. The van der Waals surface area contributed by atoms with E-state index >= 15 is 0 Å². The van der Waals surface area contributed by atoms with Gasteiger partial charge in [0.25, 0.3) is 0 Å². The monoisotopic (exact) mass is 231 g/mol. The van der Waals surface area contributed by atoms with Gasteiger partial charge in [0.05, 0.1) is 12.6 Å². The van der Waals surface area contributed by atoms with E-state index in [0.29, 0.717) is 24.0 Å². The van der Waals surface area contributed by atoms with Crippen molar-refractivity contribution in [2.24, 2.45) is 0 Å². The molecular weight excluding hydrogens is 218 g/mol. The van der Waals surface area contributed by atoms with Gasteiger partial charge in [0.15, 0.2) is 0 Å². The van der Waals surface area contributed by atoms with Crippen molar-refractivity contribution in [1.82, 2.24) is 9.97 Å². The molecule has 1 rings (SSSR count). The normalized spacial score (nSPS) is 12.5. The number of halogens is 1. The molecule has 0 spiro atoms. The fraction of sp³-hybridized carbons (Fsp3) is 0.556. The summed E-state index contributed by atoms with van der Waals surface area (Å²) in [5.74, 6) is 0.630. The van der Waals surface area contributed by atoms with E-state index in [0.717, 1.165) is 0 Å². The van der Waals surface area contributed by atoms with Crippen molar-refractivity contribution < 1.29 is 9.84 Å². The van der Waals surface area contributed by atoms with Gasteiger partial charge in [-0.15, -0.1) is 0 Å². The minimum absolute atomic E-state index is 0.0194. The van der Waals surface area contributed by atoms with E-state index in [9.17, 15) is 0 Å². The fourth-order valence-electron chi connectivity index (χ4n) is 1.18. The van der Waals surface area contributed by atoms with Crippen LogP contribution in [0.1, 0.15) is 6.42 Å². The molecule has 1 heterocycles. The summed E-state index contributed by atoms with van der Waals surface area (Å²) in [5, 5.41) is 12.3. The number of aliphatic hydroxyl groups excluding tert-OH is 1. The van der Waals surface area contributed by atoms with Gasteiger partial charge < -0.3 is 15.2 Å². The van der Waals surface area contributed by atoms with Crippen LogP contribution in [0.4, 0.5) is 5.82 Å². The van der Waals surface area contributed by atoms with Crippen molar-refractivity contribution in [2.75, 3.05) is 25.6 Å². The van der Waals surface area contributed by atoms with Crippen LogP contribution in [-0.2, 0) is 4.74 Å².